The number of anilines is 3. The number of aromatic nitrogens is 3. The smallest absolute Gasteiger partial charge is 0.255 e. The van der Waals surface area contributed by atoms with E-state index in [4.69, 9.17) is 0 Å². The number of amides is 1. The van der Waals surface area contributed by atoms with Crippen LogP contribution >= 0.6 is 0 Å². The fourth-order valence-electron chi connectivity index (χ4n) is 3.09. The SMILES string of the molecule is CCNCC.Cc1ccc(NC(=O)c2ccccc2)cc1Nc1nccc(-c2cccnc2)n1. The molecule has 0 spiro atoms. The van der Waals surface area contributed by atoms with Gasteiger partial charge >= 0.3 is 0 Å². The van der Waals surface area contributed by atoms with Gasteiger partial charge in [-0.15, -0.1) is 0 Å². The fraction of sp³-hybridized carbons (Fsp3) is 0.185. The Hall–Kier alpha value is -4.10. The Labute approximate surface area is 200 Å². The number of rotatable bonds is 7. The molecule has 0 aliphatic rings. The molecule has 2 heterocycles. The average Bonchev–Trinajstić information content (AvgIpc) is 2.88. The molecule has 7 heteroatoms. The minimum absolute atomic E-state index is 0.157. The van der Waals surface area contributed by atoms with Crippen molar-refractivity contribution in [1.29, 1.82) is 0 Å². The van der Waals surface area contributed by atoms with E-state index < -0.39 is 0 Å². The lowest BCUT2D eigenvalue weighted by Crippen LogP contribution is -2.12. The maximum absolute atomic E-state index is 12.4. The lowest BCUT2D eigenvalue weighted by molar-refractivity contribution is 0.102. The van der Waals surface area contributed by atoms with E-state index in [0.717, 1.165) is 35.6 Å². The second-order valence-electron chi connectivity index (χ2n) is 7.44. The predicted molar refractivity (Wildman–Crippen MR) is 138 cm³/mol. The number of hydrogen-bond acceptors (Lipinski definition) is 6. The number of aryl methyl sites for hydroxylation is 1. The molecular formula is C27H30N6O. The molecule has 0 unspecified atom stereocenters. The van der Waals surface area contributed by atoms with E-state index in [-0.39, 0.29) is 5.91 Å². The zero-order chi connectivity index (χ0) is 24.2. The Morgan fingerprint density at radius 2 is 1.71 bits per heavy atom. The van der Waals surface area contributed by atoms with Crippen LogP contribution in [0.1, 0.15) is 29.8 Å². The molecule has 3 N–H and O–H groups in total. The van der Waals surface area contributed by atoms with E-state index in [0.29, 0.717) is 17.2 Å². The van der Waals surface area contributed by atoms with Gasteiger partial charge in [0.15, 0.2) is 0 Å². The van der Waals surface area contributed by atoms with Crippen molar-refractivity contribution >= 4 is 23.2 Å². The number of benzene rings is 2. The fourth-order valence-corrected chi connectivity index (χ4v) is 3.09. The van der Waals surface area contributed by atoms with Crippen molar-refractivity contribution in [3.8, 4) is 11.3 Å². The highest BCUT2D eigenvalue weighted by molar-refractivity contribution is 6.04. The standard InChI is InChI=1S/C23H19N5O.C4H11N/c1-16-9-10-19(26-22(29)17-6-3-2-4-7-17)14-21(16)28-23-25-13-11-20(27-23)18-8-5-12-24-15-18;1-3-5-4-2/h2-15H,1H3,(H,26,29)(H,25,27,28);5H,3-4H2,1-2H3. The molecule has 0 atom stereocenters. The van der Waals surface area contributed by atoms with Crippen LogP contribution in [-0.2, 0) is 0 Å². The second-order valence-corrected chi connectivity index (χ2v) is 7.44. The van der Waals surface area contributed by atoms with Crippen molar-refractivity contribution in [2.24, 2.45) is 0 Å². The summed E-state index contributed by atoms with van der Waals surface area (Å²) < 4.78 is 0. The van der Waals surface area contributed by atoms with Crippen molar-refractivity contribution in [2.75, 3.05) is 23.7 Å². The molecule has 2 aromatic carbocycles. The third kappa shape index (κ3) is 7.21. The van der Waals surface area contributed by atoms with Gasteiger partial charge in [0.05, 0.1) is 5.69 Å². The summed E-state index contributed by atoms with van der Waals surface area (Å²) in [5.74, 6) is 0.316. The number of nitrogens with one attached hydrogen (secondary N) is 3. The van der Waals surface area contributed by atoms with Gasteiger partial charge in [-0.1, -0.05) is 38.1 Å². The molecule has 0 saturated carbocycles. The molecule has 34 heavy (non-hydrogen) atoms. The van der Waals surface area contributed by atoms with Crippen molar-refractivity contribution in [3.63, 3.8) is 0 Å². The van der Waals surface area contributed by atoms with E-state index in [9.17, 15) is 4.79 Å². The number of hydrogen-bond donors (Lipinski definition) is 3. The normalized spacial score (nSPS) is 10.1. The van der Waals surface area contributed by atoms with Crippen LogP contribution in [0.15, 0.2) is 85.3 Å². The second kappa shape index (κ2) is 12.8. The Morgan fingerprint density at radius 1 is 0.912 bits per heavy atom. The van der Waals surface area contributed by atoms with Crippen molar-refractivity contribution in [2.45, 2.75) is 20.8 Å². The van der Waals surface area contributed by atoms with Gasteiger partial charge < -0.3 is 16.0 Å². The summed E-state index contributed by atoms with van der Waals surface area (Å²) >= 11 is 0. The highest BCUT2D eigenvalue weighted by atomic mass is 16.1. The van der Waals surface area contributed by atoms with Gasteiger partial charge in [0.25, 0.3) is 5.91 Å². The lowest BCUT2D eigenvalue weighted by Gasteiger charge is -2.12. The Morgan fingerprint density at radius 3 is 2.38 bits per heavy atom. The van der Waals surface area contributed by atoms with Gasteiger partial charge in [-0.3, -0.25) is 9.78 Å². The van der Waals surface area contributed by atoms with Crippen LogP contribution in [0.3, 0.4) is 0 Å². The Balaban J connectivity index is 0.000000588. The minimum atomic E-state index is -0.157. The molecule has 4 aromatic rings. The van der Waals surface area contributed by atoms with Crippen LogP contribution in [0.25, 0.3) is 11.3 Å². The molecule has 174 valence electrons. The van der Waals surface area contributed by atoms with Gasteiger partial charge in [0, 0.05) is 41.1 Å². The van der Waals surface area contributed by atoms with Crippen molar-refractivity contribution in [1.82, 2.24) is 20.3 Å². The van der Waals surface area contributed by atoms with Crippen LogP contribution in [0.2, 0.25) is 0 Å². The maximum atomic E-state index is 12.4. The molecule has 0 saturated heterocycles. The van der Waals surface area contributed by atoms with Gasteiger partial charge in [-0.25, -0.2) is 9.97 Å². The van der Waals surface area contributed by atoms with E-state index in [1.165, 1.54) is 0 Å². The van der Waals surface area contributed by atoms with Gasteiger partial charge in [-0.2, -0.15) is 0 Å². The summed E-state index contributed by atoms with van der Waals surface area (Å²) in [5.41, 5.74) is 4.82. The molecule has 0 fully saturated rings. The van der Waals surface area contributed by atoms with E-state index >= 15 is 0 Å². The molecule has 0 bridgehead atoms. The van der Waals surface area contributed by atoms with E-state index in [1.54, 1.807) is 30.7 Å². The van der Waals surface area contributed by atoms with Gasteiger partial charge in [0.1, 0.15) is 0 Å². The third-order valence-corrected chi connectivity index (χ3v) is 4.89. The summed E-state index contributed by atoms with van der Waals surface area (Å²) in [4.78, 5) is 25.4. The Kier molecular flexibility index (Phi) is 9.25. The summed E-state index contributed by atoms with van der Waals surface area (Å²) in [6.45, 7) is 8.37. The van der Waals surface area contributed by atoms with E-state index in [2.05, 4.69) is 44.7 Å². The first-order valence-corrected chi connectivity index (χ1v) is 11.3. The first-order valence-electron chi connectivity index (χ1n) is 11.3. The first kappa shape index (κ1) is 24.5. The number of nitrogens with zero attached hydrogens (tertiary/aromatic N) is 3. The van der Waals surface area contributed by atoms with E-state index in [1.807, 2.05) is 61.5 Å². The molecule has 7 nitrogen and oxygen atoms in total. The largest absolute Gasteiger partial charge is 0.324 e. The summed E-state index contributed by atoms with van der Waals surface area (Å²) in [6, 6.07) is 20.4. The molecule has 4 rings (SSSR count). The van der Waals surface area contributed by atoms with Crippen molar-refractivity contribution in [3.05, 3.63) is 96.4 Å². The van der Waals surface area contributed by atoms with Crippen LogP contribution < -0.4 is 16.0 Å². The molecule has 0 radical (unpaired) electrons. The van der Waals surface area contributed by atoms with Crippen LogP contribution in [-0.4, -0.2) is 33.9 Å². The third-order valence-electron chi connectivity index (χ3n) is 4.89. The zero-order valence-electron chi connectivity index (χ0n) is 19.7. The molecule has 0 aliphatic heterocycles. The average molecular weight is 455 g/mol. The predicted octanol–water partition coefficient (Wildman–Crippen LogP) is 5.46. The number of carbonyl (C=O) groups is 1. The van der Waals surface area contributed by atoms with Crippen LogP contribution in [0, 0.1) is 6.92 Å². The molecular weight excluding hydrogens is 424 g/mol. The monoisotopic (exact) mass is 454 g/mol. The summed E-state index contributed by atoms with van der Waals surface area (Å²) in [6.07, 6.45) is 5.19. The van der Waals surface area contributed by atoms with Gasteiger partial charge in [0.2, 0.25) is 5.95 Å². The highest BCUT2D eigenvalue weighted by Gasteiger charge is 2.09. The molecule has 2 aromatic heterocycles. The zero-order valence-corrected chi connectivity index (χ0v) is 19.7. The van der Waals surface area contributed by atoms with Crippen LogP contribution in [0.4, 0.5) is 17.3 Å². The highest BCUT2D eigenvalue weighted by Crippen LogP contribution is 2.24. The number of pyridine rings is 1. The minimum Gasteiger partial charge on any atom is -0.324 e. The van der Waals surface area contributed by atoms with Crippen molar-refractivity contribution < 1.29 is 4.79 Å². The summed E-state index contributed by atoms with van der Waals surface area (Å²) in [7, 11) is 0. The van der Waals surface area contributed by atoms with Gasteiger partial charge in [-0.05, 0) is 68.0 Å². The van der Waals surface area contributed by atoms with Crippen LogP contribution in [0.5, 0.6) is 0 Å². The quantitative estimate of drug-likeness (QED) is 0.343. The molecule has 0 aliphatic carbocycles. The number of carbonyl (C=O) groups excluding carboxylic acids is 1. The Bertz CT molecular complexity index is 1180. The lowest BCUT2D eigenvalue weighted by atomic mass is 10.1. The maximum Gasteiger partial charge on any atom is 0.255 e. The topological polar surface area (TPSA) is 91.8 Å². The first-order chi connectivity index (χ1) is 16.6. The molecule has 1 amide bonds. The summed E-state index contributed by atoms with van der Waals surface area (Å²) in [5, 5.41) is 9.27.